The predicted octanol–water partition coefficient (Wildman–Crippen LogP) is 2.65. The minimum atomic E-state index is -0.617. The Hall–Kier alpha value is -3.81. The minimum Gasteiger partial charge on any atom is -0.508 e. The molecule has 8 heteroatoms. The number of phenols is 2. The fourth-order valence-corrected chi connectivity index (χ4v) is 2.96. The zero-order valence-corrected chi connectivity index (χ0v) is 16.6. The molecule has 0 unspecified atom stereocenters. The van der Waals surface area contributed by atoms with Crippen molar-refractivity contribution in [3.05, 3.63) is 64.4 Å². The Morgan fingerprint density at radius 2 is 1.72 bits per heavy atom. The quantitative estimate of drug-likeness (QED) is 0.470. The lowest BCUT2D eigenvalue weighted by molar-refractivity contribution is -0.114. The highest BCUT2D eigenvalue weighted by molar-refractivity contribution is 6.30. The summed E-state index contributed by atoms with van der Waals surface area (Å²) in [5, 5.41) is 24.8. The number of hydrazone groups is 1. The lowest BCUT2D eigenvalue weighted by Crippen LogP contribution is -2.37. The highest BCUT2D eigenvalue weighted by Gasteiger charge is 2.31. The second kappa shape index (κ2) is 7.67. The number of carbonyl (C=O) groups is 2. The molecule has 3 rings (SSSR count). The molecule has 2 aromatic rings. The first-order valence-corrected chi connectivity index (χ1v) is 8.95. The molecule has 1 aliphatic heterocycles. The number of amides is 2. The van der Waals surface area contributed by atoms with Crippen LogP contribution in [0.5, 0.6) is 11.5 Å². The fraction of sp³-hybridized carbons (Fsp3) is 0.190. The molecule has 8 nitrogen and oxygen atoms in total. The smallest absolute Gasteiger partial charge is 0.282 e. The molecule has 0 spiro atoms. The SMILES string of the molecule is CC1=NN(c2ccc(C)c(C)c2)C(=O)/C1=C(/C)NNC(=O)c1ccc(O)cc1O. The Bertz CT molecular complexity index is 1070. The minimum absolute atomic E-state index is 0.0204. The number of anilines is 1. The van der Waals surface area contributed by atoms with Gasteiger partial charge in [0.25, 0.3) is 11.8 Å². The number of hydrogen-bond acceptors (Lipinski definition) is 6. The van der Waals surface area contributed by atoms with Crippen molar-refractivity contribution in [3.63, 3.8) is 0 Å². The number of nitrogens with zero attached hydrogens (tertiary/aromatic N) is 2. The summed E-state index contributed by atoms with van der Waals surface area (Å²) in [5.41, 5.74) is 9.22. The summed E-state index contributed by atoms with van der Waals surface area (Å²) >= 11 is 0. The molecule has 0 saturated carbocycles. The maximum absolute atomic E-state index is 12.9. The Morgan fingerprint density at radius 3 is 2.38 bits per heavy atom. The average Bonchev–Trinajstić information content (AvgIpc) is 2.96. The Kier molecular flexibility index (Phi) is 5.27. The van der Waals surface area contributed by atoms with Gasteiger partial charge in [-0.1, -0.05) is 6.07 Å². The van der Waals surface area contributed by atoms with Gasteiger partial charge >= 0.3 is 0 Å². The number of carbonyl (C=O) groups excluding carboxylic acids is 2. The summed E-state index contributed by atoms with van der Waals surface area (Å²) in [7, 11) is 0. The first-order valence-electron chi connectivity index (χ1n) is 8.95. The third-order valence-electron chi connectivity index (χ3n) is 4.72. The van der Waals surface area contributed by atoms with E-state index in [2.05, 4.69) is 16.0 Å². The van der Waals surface area contributed by atoms with Gasteiger partial charge in [0, 0.05) is 11.8 Å². The molecule has 0 aromatic heterocycles. The normalized spacial score (nSPS) is 15.2. The van der Waals surface area contributed by atoms with Gasteiger partial charge in [-0.3, -0.25) is 15.0 Å². The van der Waals surface area contributed by atoms with E-state index in [-0.39, 0.29) is 23.0 Å². The number of aryl methyl sites for hydroxylation is 2. The Labute approximate surface area is 168 Å². The molecule has 0 atom stereocenters. The van der Waals surface area contributed by atoms with Gasteiger partial charge < -0.3 is 15.6 Å². The number of phenolic OH excluding ortho intramolecular Hbond substituents is 2. The van der Waals surface area contributed by atoms with E-state index in [4.69, 9.17) is 0 Å². The van der Waals surface area contributed by atoms with Crippen LogP contribution in [-0.4, -0.2) is 27.7 Å². The van der Waals surface area contributed by atoms with Crippen LogP contribution in [0.4, 0.5) is 5.69 Å². The molecule has 2 aromatic carbocycles. The van der Waals surface area contributed by atoms with Gasteiger partial charge in [0.15, 0.2) is 0 Å². The summed E-state index contributed by atoms with van der Waals surface area (Å²) < 4.78 is 0. The van der Waals surface area contributed by atoms with Crippen molar-refractivity contribution in [2.75, 3.05) is 5.01 Å². The van der Waals surface area contributed by atoms with Crippen molar-refractivity contribution < 1.29 is 19.8 Å². The topological polar surface area (TPSA) is 114 Å². The van der Waals surface area contributed by atoms with Crippen molar-refractivity contribution in [2.24, 2.45) is 5.10 Å². The van der Waals surface area contributed by atoms with Crippen molar-refractivity contribution >= 4 is 23.2 Å². The van der Waals surface area contributed by atoms with E-state index in [1.54, 1.807) is 13.8 Å². The second-order valence-electron chi connectivity index (χ2n) is 6.85. The van der Waals surface area contributed by atoms with Gasteiger partial charge in [-0.15, -0.1) is 0 Å². The predicted molar refractivity (Wildman–Crippen MR) is 110 cm³/mol. The van der Waals surface area contributed by atoms with Crippen LogP contribution in [0.1, 0.15) is 35.3 Å². The maximum Gasteiger partial charge on any atom is 0.282 e. The summed E-state index contributed by atoms with van der Waals surface area (Å²) in [6.07, 6.45) is 0. The van der Waals surface area contributed by atoms with Gasteiger partial charge in [0.2, 0.25) is 0 Å². The first-order chi connectivity index (χ1) is 13.7. The summed E-state index contributed by atoms with van der Waals surface area (Å²) in [6, 6.07) is 9.31. The van der Waals surface area contributed by atoms with Crippen LogP contribution in [0.3, 0.4) is 0 Å². The summed E-state index contributed by atoms with van der Waals surface area (Å²) in [6.45, 7) is 7.32. The number of rotatable bonds is 4. The standard InChI is InChI=1S/C21H22N4O4/c1-11-5-6-15(9-12(11)2)25-21(29)19(14(4)24-25)13(3)22-23-20(28)17-8-7-16(26)10-18(17)27/h5-10,22,26-27H,1-4H3,(H,23,28)/b19-13-. The number of hydrazine groups is 1. The second-order valence-corrected chi connectivity index (χ2v) is 6.85. The zero-order chi connectivity index (χ0) is 21.3. The average molecular weight is 394 g/mol. The van der Waals surface area contributed by atoms with Crippen LogP contribution in [0.15, 0.2) is 52.8 Å². The third kappa shape index (κ3) is 3.91. The highest BCUT2D eigenvalue weighted by atomic mass is 16.3. The molecule has 1 aliphatic rings. The fourth-order valence-electron chi connectivity index (χ4n) is 2.96. The van der Waals surface area contributed by atoms with Crippen molar-refractivity contribution in [3.8, 4) is 11.5 Å². The molecule has 2 amide bonds. The Balaban J connectivity index is 1.78. The van der Waals surface area contributed by atoms with Crippen LogP contribution in [0.2, 0.25) is 0 Å². The van der Waals surface area contributed by atoms with Crippen molar-refractivity contribution in [1.82, 2.24) is 10.9 Å². The highest BCUT2D eigenvalue weighted by Crippen LogP contribution is 2.26. The monoisotopic (exact) mass is 394 g/mol. The van der Waals surface area contributed by atoms with Gasteiger partial charge in [-0.2, -0.15) is 10.1 Å². The van der Waals surface area contributed by atoms with E-state index in [1.807, 2.05) is 32.0 Å². The molecule has 0 radical (unpaired) electrons. The summed E-state index contributed by atoms with van der Waals surface area (Å²) in [4.78, 5) is 25.1. The number of hydrogen-bond donors (Lipinski definition) is 4. The van der Waals surface area contributed by atoms with Gasteiger partial charge in [0.05, 0.1) is 22.5 Å². The molecule has 150 valence electrons. The molecule has 0 aliphatic carbocycles. The van der Waals surface area contributed by atoms with Crippen molar-refractivity contribution in [1.29, 1.82) is 0 Å². The van der Waals surface area contributed by atoms with E-state index in [0.29, 0.717) is 22.7 Å². The number of benzene rings is 2. The molecule has 4 N–H and O–H groups in total. The third-order valence-corrected chi connectivity index (χ3v) is 4.72. The van der Waals surface area contributed by atoms with Crippen LogP contribution < -0.4 is 15.9 Å². The molecule has 0 saturated heterocycles. The van der Waals surface area contributed by atoms with E-state index < -0.39 is 5.91 Å². The van der Waals surface area contributed by atoms with Gasteiger partial charge in [-0.05, 0) is 63.1 Å². The summed E-state index contributed by atoms with van der Waals surface area (Å²) in [5.74, 6) is -1.43. The molecule has 0 fully saturated rings. The molecule has 29 heavy (non-hydrogen) atoms. The van der Waals surface area contributed by atoms with Crippen LogP contribution >= 0.6 is 0 Å². The molecule has 1 heterocycles. The number of aromatic hydroxyl groups is 2. The van der Waals surface area contributed by atoms with E-state index in [0.717, 1.165) is 17.2 Å². The van der Waals surface area contributed by atoms with E-state index in [1.165, 1.54) is 17.1 Å². The lowest BCUT2D eigenvalue weighted by Gasteiger charge is -2.15. The van der Waals surface area contributed by atoms with E-state index >= 15 is 0 Å². The van der Waals surface area contributed by atoms with Gasteiger partial charge in [-0.25, -0.2) is 0 Å². The van der Waals surface area contributed by atoms with Crippen molar-refractivity contribution in [2.45, 2.75) is 27.7 Å². The van der Waals surface area contributed by atoms with Crippen LogP contribution in [-0.2, 0) is 4.79 Å². The van der Waals surface area contributed by atoms with Gasteiger partial charge in [0.1, 0.15) is 11.5 Å². The van der Waals surface area contributed by atoms with Crippen LogP contribution in [0.25, 0.3) is 0 Å². The van der Waals surface area contributed by atoms with E-state index in [9.17, 15) is 19.8 Å². The molecule has 0 bridgehead atoms. The lowest BCUT2D eigenvalue weighted by atomic mass is 10.1. The zero-order valence-electron chi connectivity index (χ0n) is 16.6. The molecular formula is C21H22N4O4. The number of nitrogens with one attached hydrogen (secondary N) is 2. The first kappa shape index (κ1) is 19.9. The Morgan fingerprint density at radius 1 is 1.00 bits per heavy atom. The maximum atomic E-state index is 12.9. The largest absolute Gasteiger partial charge is 0.508 e. The van der Waals surface area contributed by atoms with Crippen LogP contribution in [0, 0.1) is 13.8 Å². The number of allylic oxidation sites excluding steroid dienone is 1. The molecular weight excluding hydrogens is 372 g/mol.